The van der Waals surface area contributed by atoms with E-state index in [9.17, 15) is 8.78 Å². The van der Waals surface area contributed by atoms with Crippen LogP contribution in [0.2, 0.25) is 0 Å². The van der Waals surface area contributed by atoms with Crippen LogP contribution in [0.1, 0.15) is 76.7 Å². The highest BCUT2D eigenvalue weighted by molar-refractivity contribution is 5.67. The van der Waals surface area contributed by atoms with E-state index in [-0.39, 0.29) is 5.75 Å². The van der Waals surface area contributed by atoms with Crippen molar-refractivity contribution in [3.05, 3.63) is 48.1 Å². The molecule has 0 heterocycles. The molecule has 0 aliphatic heterocycles. The number of fused-ring (bicyclic) bond motifs is 1. The summed E-state index contributed by atoms with van der Waals surface area (Å²) >= 11 is 0. The SMILES string of the molecule is C=CCCOc1ccc(C2=CCC(C3CCC4C(CCC)CCC34)CC2)c(F)c1F. The van der Waals surface area contributed by atoms with Crippen molar-refractivity contribution < 1.29 is 13.5 Å². The molecule has 30 heavy (non-hydrogen) atoms. The molecule has 2 saturated carbocycles. The topological polar surface area (TPSA) is 9.23 Å². The molecule has 0 bridgehead atoms. The molecular formula is C27H36F2O. The Hall–Kier alpha value is -1.64. The van der Waals surface area contributed by atoms with Crippen molar-refractivity contribution in [1.82, 2.24) is 0 Å². The molecule has 2 fully saturated rings. The third-order valence-corrected chi connectivity index (χ3v) is 8.10. The first-order valence-electron chi connectivity index (χ1n) is 12.0. The second-order valence-electron chi connectivity index (χ2n) is 9.62. The molecule has 0 amide bonds. The second kappa shape index (κ2) is 9.66. The highest BCUT2D eigenvalue weighted by Gasteiger charge is 2.46. The van der Waals surface area contributed by atoms with Crippen molar-refractivity contribution in [2.45, 2.75) is 71.1 Å². The number of halogens is 2. The van der Waals surface area contributed by atoms with Gasteiger partial charge in [0.1, 0.15) is 0 Å². The van der Waals surface area contributed by atoms with E-state index < -0.39 is 11.6 Å². The van der Waals surface area contributed by atoms with Gasteiger partial charge in [-0.15, -0.1) is 6.58 Å². The van der Waals surface area contributed by atoms with E-state index in [4.69, 9.17) is 4.74 Å². The summed E-state index contributed by atoms with van der Waals surface area (Å²) in [6.07, 6.45) is 15.8. The van der Waals surface area contributed by atoms with Crippen LogP contribution >= 0.6 is 0 Å². The maximum absolute atomic E-state index is 14.7. The molecule has 5 atom stereocenters. The number of allylic oxidation sites excluding steroid dienone is 2. The Morgan fingerprint density at radius 3 is 2.57 bits per heavy atom. The van der Waals surface area contributed by atoms with Crippen molar-refractivity contribution >= 4 is 5.57 Å². The maximum atomic E-state index is 14.7. The van der Waals surface area contributed by atoms with E-state index >= 15 is 0 Å². The Labute approximate surface area is 180 Å². The molecule has 3 heteroatoms. The van der Waals surface area contributed by atoms with Crippen molar-refractivity contribution in [2.24, 2.45) is 29.6 Å². The first-order chi connectivity index (χ1) is 14.6. The summed E-state index contributed by atoms with van der Waals surface area (Å²) in [5, 5.41) is 0. The summed E-state index contributed by atoms with van der Waals surface area (Å²) in [6.45, 7) is 6.24. The van der Waals surface area contributed by atoms with Gasteiger partial charge in [-0.1, -0.05) is 31.9 Å². The highest BCUT2D eigenvalue weighted by Crippen LogP contribution is 2.56. The molecule has 0 aromatic heterocycles. The second-order valence-corrected chi connectivity index (χ2v) is 9.62. The highest BCUT2D eigenvalue weighted by atomic mass is 19.2. The maximum Gasteiger partial charge on any atom is 0.201 e. The van der Waals surface area contributed by atoms with Crippen molar-refractivity contribution in [3.63, 3.8) is 0 Å². The fourth-order valence-corrected chi connectivity index (χ4v) is 6.71. The van der Waals surface area contributed by atoms with Crippen molar-refractivity contribution in [2.75, 3.05) is 6.61 Å². The van der Waals surface area contributed by atoms with Crippen LogP contribution in [0.25, 0.3) is 5.57 Å². The third kappa shape index (κ3) is 4.22. The fourth-order valence-electron chi connectivity index (χ4n) is 6.71. The molecule has 164 valence electrons. The number of ether oxygens (including phenoxy) is 1. The molecular weight excluding hydrogens is 378 g/mol. The standard InChI is InChI=1S/C27H36F2O/c1-3-5-17-30-25-16-15-23(26(28)27(25)29)20-9-7-19(8-10-20)22-14-13-21-18(6-4-2)11-12-24(21)22/h3,9,15-16,18-19,21-22,24H,1,4-8,10-14,17H2,2H3. The molecule has 3 aliphatic carbocycles. The Kier molecular flexibility index (Phi) is 6.95. The first-order valence-corrected chi connectivity index (χ1v) is 12.0. The predicted molar refractivity (Wildman–Crippen MR) is 119 cm³/mol. The average molecular weight is 415 g/mol. The van der Waals surface area contributed by atoms with Gasteiger partial charge in [0.05, 0.1) is 6.61 Å². The van der Waals surface area contributed by atoms with Gasteiger partial charge in [-0.05, 0) is 98.7 Å². The summed E-state index contributed by atoms with van der Waals surface area (Å²) in [5.41, 5.74) is 1.38. The van der Waals surface area contributed by atoms with Gasteiger partial charge in [-0.25, -0.2) is 4.39 Å². The van der Waals surface area contributed by atoms with Gasteiger partial charge in [0.15, 0.2) is 11.6 Å². The van der Waals surface area contributed by atoms with Crippen LogP contribution in [-0.2, 0) is 0 Å². The normalized spacial score (nSPS) is 30.8. The molecule has 4 rings (SSSR count). The lowest BCUT2D eigenvalue weighted by Gasteiger charge is -2.31. The summed E-state index contributed by atoms with van der Waals surface area (Å²) in [4.78, 5) is 0. The summed E-state index contributed by atoms with van der Waals surface area (Å²) < 4.78 is 34.5. The minimum absolute atomic E-state index is 0.00718. The van der Waals surface area contributed by atoms with E-state index in [1.165, 1.54) is 38.5 Å². The zero-order chi connectivity index (χ0) is 21.1. The van der Waals surface area contributed by atoms with E-state index in [1.807, 2.05) is 0 Å². The van der Waals surface area contributed by atoms with Gasteiger partial charge in [-0.3, -0.25) is 0 Å². The lowest BCUT2D eigenvalue weighted by atomic mass is 9.74. The Balaban J connectivity index is 1.41. The molecule has 0 N–H and O–H groups in total. The van der Waals surface area contributed by atoms with Crippen LogP contribution in [0.5, 0.6) is 5.75 Å². The number of benzene rings is 1. The molecule has 1 aromatic carbocycles. The van der Waals surface area contributed by atoms with Gasteiger partial charge in [0, 0.05) is 5.56 Å². The van der Waals surface area contributed by atoms with Crippen LogP contribution in [0.15, 0.2) is 30.9 Å². The van der Waals surface area contributed by atoms with Crippen LogP contribution in [-0.4, -0.2) is 6.61 Å². The van der Waals surface area contributed by atoms with E-state index in [2.05, 4.69) is 19.6 Å². The molecule has 3 aliphatic rings. The minimum atomic E-state index is -0.869. The molecule has 0 spiro atoms. The average Bonchev–Trinajstić information content (AvgIpc) is 3.35. The monoisotopic (exact) mass is 414 g/mol. The number of hydrogen-bond acceptors (Lipinski definition) is 1. The Morgan fingerprint density at radius 2 is 1.83 bits per heavy atom. The third-order valence-electron chi connectivity index (χ3n) is 8.10. The molecule has 5 unspecified atom stereocenters. The molecule has 0 radical (unpaired) electrons. The largest absolute Gasteiger partial charge is 0.490 e. The quantitative estimate of drug-likeness (QED) is 0.310. The van der Waals surface area contributed by atoms with Gasteiger partial charge in [-0.2, -0.15) is 4.39 Å². The van der Waals surface area contributed by atoms with E-state index in [1.54, 1.807) is 18.2 Å². The Morgan fingerprint density at radius 1 is 1.03 bits per heavy atom. The minimum Gasteiger partial charge on any atom is -0.490 e. The summed E-state index contributed by atoms with van der Waals surface area (Å²) in [7, 11) is 0. The van der Waals surface area contributed by atoms with Gasteiger partial charge < -0.3 is 4.74 Å². The summed E-state index contributed by atoms with van der Waals surface area (Å²) in [6, 6.07) is 3.25. The fraction of sp³-hybridized carbons (Fsp3) is 0.630. The van der Waals surface area contributed by atoms with Crippen LogP contribution < -0.4 is 4.74 Å². The summed E-state index contributed by atoms with van der Waals surface area (Å²) in [5.74, 6) is 2.76. The van der Waals surface area contributed by atoms with E-state index in [0.29, 0.717) is 18.6 Å². The van der Waals surface area contributed by atoms with E-state index in [0.717, 1.165) is 54.4 Å². The molecule has 1 nitrogen and oxygen atoms in total. The van der Waals surface area contributed by atoms with Crippen LogP contribution in [0.4, 0.5) is 8.78 Å². The zero-order valence-electron chi connectivity index (χ0n) is 18.3. The first kappa shape index (κ1) is 21.6. The van der Waals surface area contributed by atoms with Crippen molar-refractivity contribution in [3.8, 4) is 5.75 Å². The van der Waals surface area contributed by atoms with Crippen LogP contribution in [0, 0.1) is 41.2 Å². The number of hydrogen-bond donors (Lipinski definition) is 0. The zero-order valence-corrected chi connectivity index (χ0v) is 18.3. The Bertz CT molecular complexity index is 783. The molecule has 1 aromatic rings. The van der Waals surface area contributed by atoms with Crippen molar-refractivity contribution in [1.29, 1.82) is 0 Å². The van der Waals surface area contributed by atoms with Gasteiger partial charge in [0.25, 0.3) is 0 Å². The predicted octanol–water partition coefficient (Wildman–Crippen LogP) is 7.96. The van der Waals surface area contributed by atoms with Crippen LogP contribution in [0.3, 0.4) is 0 Å². The lowest BCUT2D eigenvalue weighted by molar-refractivity contribution is 0.223. The van der Waals surface area contributed by atoms with Gasteiger partial charge >= 0.3 is 0 Å². The number of rotatable bonds is 8. The lowest BCUT2D eigenvalue weighted by Crippen LogP contribution is -2.22. The smallest absolute Gasteiger partial charge is 0.201 e. The van der Waals surface area contributed by atoms with Gasteiger partial charge in [0.2, 0.25) is 5.82 Å². The molecule has 0 saturated heterocycles.